The van der Waals surface area contributed by atoms with Crippen molar-refractivity contribution in [2.24, 2.45) is 17.2 Å². The molecule has 1 aromatic carbocycles. The summed E-state index contributed by atoms with van der Waals surface area (Å²) >= 11 is 0. The molecule has 3 fully saturated rings. The van der Waals surface area contributed by atoms with E-state index in [1.165, 1.54) is 64.2 Å². The highest BCUT2D eigenvalue weighted by Gasteiger charge is 2.50. The first-order valence-electron chi connectivity index (χ1n) is 33.0. The Hall–Kier alpha value is -7.92. The lowest BCUT2D eigenvalue weighted by molar-refractivity contribution is -0.139. The number of aliphatic hydroxyl groups excluding tert-OH is 6. The molecule has 0 saturated carbocycles. The molecule has 8 aromatic rings. The number of carboxylic acid groups (broad SMARTS) is 3. The Morgan fingerprint density at radius 2 is 0.850 bits per heavy atom. The number of aryl methyl sites for hydroxylation is 1. The van der Waals surface area contributed by atoms with E-state index in [1.54, 1.807) is 6.26 Å². The minimum atomic E-state index is -4.50. The van der Waals surface area contributed by atoms with Gasteiger partial charge in [-0.05, 0) is 68.9 Å². The number of aliphatic hydroxyl groups is 6. The van der Waals surface area contributed by atoms with Gasteiger partial charge in [0.15, 0.2) is 53.1 Å². The number of imidazole rings is 3. The third kappa shape index (κ3) is 19.2. The van der Waals surface area contributed by atoms with Crippen molar-refractivity contribution in [1.29, 1.82) is 0 Å². The molecule has 0 spiro atoms. The number of carbonyl (C=O) groups is 4. The van der Waals surface area contributed by atoms with E-state index >= 15 is 0 Å². The molecule has 590 valence electrons. The van der Waals surface area contributed by atoms with Crippen LogP contribution in [0.5, 0.6) is 0 Å². The van der Waals surface area contributed by atoms with Crippen LogP contribution in [0.15, 0.2) is 68.4 Å². The zero-order chi connectivity index (χ0) is 77.8. The summed E-state index contributed by atoms with van der Waals surface area (Å²) in [6.45, 7) is 0. The Labute approximate surface area is 614 Å². The molecule has 10 heterocycles. The summed E-state index contributed by atoms with van der Waals surface area (Å²) < 4.78 is 93.8. The fraction of sp³-hybridized carbons (Fsp3) is 0.550. The van der Waals surface area contributed by atoms with Crippen LogP contribution in [0, 0.1) is 0 Å². The van der Waals surface area contributed by atoms with Crippen molar-refractivity contribution < 1.29 is 108 Å². The maximum Gasteiger partial charge on any atom is 0.320 e. The predicted octanol–water partition coefficient (Wildman–Crippen LogP) is -2.32. The molecule has 3 aliphatic rings. The zero-order valence-electron chi connectivity index (χ0n) is 57.7. The minimum absolute atomic E-state index is 0.0480. The van der Waals surface area contributed by atoms with Crippen LogP contribution in [-0.2, 0) is 71.5 Å². The van der Waals surface area contributed by atoms with E-state index < -0.39 is 178 Å². The molecule has 18 atom stereocenters. The Bertz CT molecular complexity index is 4560. The molecule has 0 radical (unpaired) electrons. The lowest BCUT2D eigenvalue weighted by Crippen LogP contribution is -2.37. The van der Waals surface area contributed by atoms with Gasteiger partial charge in [-0.25, -0.2) is 52.1 Å². The highest BCUT2D eigenvalue weighted by atomic mass is 32.3. The summed E-state index contributed by atoms with van der Waals surface area (Å²) in [4.78, 5) is 87.3. The largest absolute Gasteiger partial charge is 0.480 e. The number of nitrogens with zero attached hydrogens (tertiary/aromatic N) is 12. The van der Waals surface area contributed by atoms with E-state index in [4.69, 9.17) is 60.1 Å². The lowest BCUT2D eigenvalue weighted by Gasteiger charge is -2.37. The Morgan fingerprint density at radius 1 is 0.505 bits per heavy atom. The van der Waals surface area contributed by atoms with Crippen LogP contribution in [0.4, 0.5) is 17.5 Å². The number of ether oxygens (including phenoxy) is 3. The van der Waals surface area contributed by atoms with Crippen molar-refractivity contribution in [3.05, 3.63) is 74.0 Å². The number of para-hydroxylation sites is 1. The number of carbonyl (C=O) groups excluding carboxylic acids is 1. The third-order valence-corrected chi connectivity index (χ3v) is 31.1. The second-order valence-corrected chi connectivity index (χ2v) is 40.1. The SMILES string of the molecule is CS(CC[C@H](N)C(=O)O)(C[C@H]1O[C@@H](n2cnc3c(N)ncnc32)[C@H](O)[C@@H]1O)OC(=O)CCc1c[nH]c2ccccc12.CS(CC[C@H](N)C(=O)O)(C[C@H]1O[C@@H](n2cnc3c(N)ncnc32)[C@H](O)[C@@H]1O)OS(=O)(=O)CCCCS(=O)(=O)OS(C)(CC[C@H](N)C(=O)O)C[C@H]1O[C@@H](n2cnc3c(N)ncnc32)[C@H](O)[C@@H]1O. The maximum atomic E-state index is 13.5. The van der Waals surface area contributed by atoms with Gasteiger partial charge in [-0.3, -0.25) is 32.9 Å². The van der Waals surface area contributed by atoms with Crippen LogP contribution in [0.3, 0.4) is 0 Å². The van der Waals surface area contributed by atoms with Crippen LogP contribution in [0.1, 0.15) is 62.8 Å². The second kappa shape index (κ2) is 33.5. The van der Waals surface area contributed by atoms with Crippen molar-refractivity contribution in [3.8, 4) is 0 Å². The number of aromatic nitrogens is 13. The summed E-state index contributed by atoms with van der Waals surface area (Å²) in [5.41, 5.74) is 38.2. The van der Waals surface area contributed by atoms with Gasteiger partial charge in [-0.2, -0.15) is 16.8 Å². The number of nitrogens with one attached hydrogen (secondary N) is 1. The molecule has 42 nitrogen and oxygen atoms in total. The highest BCUT2D eigenvalue weighted by molar-refractivity contribution is 8.33. The number of H-pyrrole nitrogens is 1. The number of nitrogens with two attached hydrogens (primary N) is 6. The van der Waals surface area contributed by atoms with Crippen LogP contribution < -0.4 is 34.4 Å². The summed E-state index contributed by atoms with van der Waals surface area (Å²) in [6, 6.07) is 3.81. The van der Waals surface area contributed by atoms with E-state index in [9.17, 15) is 82.0 Å². The zero-order valence-corrected chi connectivity index (χ0v) is 61.8. The molecule has 0 aliphatic carbocycles. The molecule has 107 heavy (non-hydrogen) atoms. The first-order chi connectivity index (χ1) is 50.4. The van der Waals surface area contributed by atoms with Gasteiger partial charge in [-0.1, -0.05) is 28.5 Å². The second-order valence-electron chi connectivity index (χ2n) is 26.4. The number of carboxylic acids is 3. The fourth-order valence-corrected chi connectivity index (χ4v) is 25.4. The Morgan fingerprint density at radius 3 is 1.21 bits per heavy atom. The van der Waals surface area contributed by atoms with Gasteiger partial charge in [0.05, 0.1) is 55.2 Å². The van der Waals surface area contributed by atoms with Gasteiger partial charge >= 0.3 is 23.9 Å². The summed E-state index contributed by atoms with van der Waals surface area (Å²) in [6.07, 6.45) is -2.49. The van der Waals surface area contributed by atoms with Crippen LogP contribution in [0.2, 0.25) is 0 Å². The normalized spacial score (nSPS) is 26.1. The van der Waals surface area contributed by atoms with E-state index in [-0.39, 0.29) is 113 Å². The van der Waals surface area contributed by atoms with Gasteiger partial charge in [-0.15, -0.1) is 20.6 Å². The van der Waals surface area contributed by atoms with Crippen LogP contribution in [-0.4, -0.2) is 288 Å². The average molecular weight is 1600 g/mol. The standard InChI is InChI=1S/C34H54N12O16S4.C26H33N7O7S/c1-63(9-5-17(35)33(51)52,11-19-23(47)25(49)31(59-19)45-15-43-21-27(37)39-13-41-29(21)45)61-65(55,56)7-3-4-8-66(57,58)62-64(2,10-6-18(36)34(53)54)12-20-24(48)26(50)32(60-20)46-16-44-22-28(38)40-14-42-30(22)46;1-41(9-8-16(27)26(37)38,40-19(34)7-6-14-10-29-17-5-3-2-4-15(14)17)11-18-21(35)22(36)25(39-18)33-13-32-20-23(28)30-12-31-24(20)33/h13-20,23-26,31-32,47-50H,3-12,35-36H2,1-2H3,(H,51,52)(H,53,54)(H2,37,39,41)(H2,38,40,42);2-5,10,12-13,16,18,21-22,25,29,35-36H,6-9,11,27H2,1H3,(H,37,38)(H2,28,30,31)/t17-,18-,19+,20+,23+,24+,25+,26+,31+,32+;16-,18+,21+,22+,25+/m00/s1. The minimum Gasteiger partial charge on any atom is -0.480 e. The quantitative estimate of drug-likeness (QED) is 0.0188. The van der Waals surface area contributed by atoms with E-state index in [0.717, 1.165) is 16.5 Å². The topological polar surface area (TPSA) is 677 Å². The van der Waals surface area contributed by atoms with Crippen LogP contribution >= 0.6 is 30.9 Å². The number of unbranched alkanes of at least 4 members (excludes halogenated alkanes) is 1. The Kier molecular flexibility index (Phi) is 25.6. The number of hydrogen-bond acceptors (Lipinski definition) is 35. The lowest BCUT2D eigenvalue weighted by atomic mass is 10.1. The number of hydrogen-bond donors (Lipinski definition) is 16. The third-order valence-electron chi connectivity index (χ3n) is 18.2. The summed E-state index contributed by atoms with van der Waals surface area (Å²) in [5.74, 6) is -6.31. The Balaban J connectivity index is 0.000000255. The molecule has 3 saturated heterocycles. The average Bonchev–Trinajstić information content (AvgIpc) is 1.63. The summed E-state index contributed by atoms with van der Waals surface area (Å²) in [5, 5.41) is 95.1. The first kappa shape index (κ1) is 81.6. The van der Waals surface area contributed by atoms with E-state index in [1.807, 2.05) is 30.5 Å². The van der Waals surface area contributed by atoms with Gasteiger partial charge in [0.2, 0.25) is 0 Å². The molecule has 11 rings (SSSR count). The van der Waals surface area contributed by atoms with Crippen molar-refractivity contribution >= 4 is 137 Å². The fourth-order valence-electron chi connectivity index (χ4n) is 12.4. The number of aromatic amines is 1. The molecule has 0 bridgehead atoms. The molecule has 3 unspecified atom stereocenters. The van der Waals surface area contributed by atoms with Gasteiger partial charge in [0.25, 0.3) is 20.2 Å². The maximum absolute atomic E-state index is 13.5. The molecule has 7 aromatic heterocycles. The van der Waals surface area contributed by atoms with Crippen LogP contribution in [0.25, 0.3) is 44.4 Å². The number of rotatable bonds is 34. The molecular weight excluding hydrogens is 1520 g/mol. The van der Waals surface area contributed by atoms with Crippen molar-refractivity contribution in [1.82, 2.24) is 63.5 Å². The number of anilines is 3. The summed E-state index contributed by atoms with van der Waals surface area (Å²) in [7, 11) is -17.2. The molecule has 3 aliphatic heterocycles. The molecule has 47 heteroatoms. The van der Waals surface area contributed by atoms with E-state index in [2.05, 4.69) is 49.8 Å². The van der Waals surface area contributed by atoms with Crippen molar-refractivity contribution in [3.63, 3.8) is 0 Å². The highest BCUT2D eigenvalue weighted by Crippen LogP contribution is 2.54. The number of benzene rings is 1. The molecule has 22 N–H and O–H groups in total. The molecular formula is C60H87N19O23S5. The molecule has 0 amide bonds. The van der Waals surface area contributed by atoms with Crippen molar-refractivity contribution in [2.75, 3.05) is 82.0 Å². The predicted molar refractivity (Wildman–Crippen MR) is 389 cm³/mol. The van der Waals surface area contributed by atoms with Gasteiger partial charge < -0.3 is 104 Å². The van der Waals surface area contributed by atoms with E-state index in [0.29, 0.717) is 17.6 Å². The smallest absolute Gasteiger partial charge is 0.320 e. The monoisotopic (exact) mass is 1600 g/mol. The van der Waals surface area contributed by atoms with Crippen molar-refractivity contribution in [2.45, 2.75) is 137 Å². The number of fused-ring (bicyclic) bond motifs is 4. The first-order valence-corrected chi connectivity index (χ1v) is 43.1. The van der Waals surface area contributed by atoms with Gasteiger partial charge in [0, 0.05) is 51.6 Å². The number of nitrogen functional groups attached to an aromatic ring is 3. The van der Waals surface area contributed by atoms with Gasteiger partial charge in [0.1, 0.15) is 90.3 Å². The number of aliphatic carboxylic acids is 3.